The van der Waals surface area contributed by atoms with Crippen molar-refractivity contribution in [3.63, 3.8) is 0 Å². The Bertz CT molecular complexity index is 441. The summed E-state index contributed by atoms with van der Waals surface area (Å²) in [7, 11) is 0. The number of nitrogens with one attached hydrogen (secondary N) is 1. The quantitative estimate of drug-likeness (QED) is 0.825. The Balaban J connectivity index is 2.31. The fraction of sp³-hybridized carbons (Fsp3) is 0.786. The van der Waals surface area contributed by atoms with E-state index in [1.54, 1.807) is 0 Å². The predicted molar refractivity (Wildman–Crippen MR) is 77.2 cm³/mol. The summed E-state index contributed by atoms with van der Waals surface area (Å²) in [5, 5.41) is 6.76. The summed E-state index contributed by atoms with van der Waals surface area (Å²) in [6.45, 7) is 10.3. The number of rotatable bonds is 6. The van der Waals surface area contributed by atoms with Crippen LogP contribution in [0.1, 0.15) is 59.2 Å². The van der Waals surface area contributed by atoms with Crippen molar-refractivity contribution in [3.8, 4) is 0 Å². The molecule has 0 unspecified atom stereocenters. The summed E-state index contributed by atoms with van der Waals surface area (Å²) in [5.74, 6) is 1.28. The van der Waals surface area contributed by atoms with Gasteiger partial charge in [0.15, 0.2) is 5.82 Å². The van der Waals surface area contributed by atoms with Crippen LogP contribution in [-0.4, -0.2) is 28.1 Å². The normalized spacial score (nSPS) is 12.5. The molecule has 0 fully saturated rings. The van der Waals surface area contributed by atoms with Gasteiger partial charge in [-0.3, -0.25) is 4.79 Å². The number of aromatic nitrogens is 2. The van der Waals surface area contributed by atoms with E-state index in [1.807, 2.05) is 34.6 Å². The molecule has 6 nitrogen and oxygen atoms in total. The fourth-order valence-corrected chi connectivity index (χ4v) is 1.48. The monoisotopic (exact) mass is 282 g/mol. The van der Waals surface area contributed by atoms with Gasteiger partial charge in [0.1, 0.15) is 0 Å². The van der Waals surface area contributed by atoms with Gasteiger partial charge in [0.25, 0.3) is 0 Å². The van der Waals surface area contributed by atoms with Gasteiger partial charge < -0.3 is 15.6 Å². The zero-order valence-corrected chi connectivity index (χ0v) is 13.1. The summed E-state index contributed by atoms with van der Waals surface area (Å²) in [5.41, 5.74) is 5.29. The van der Waals surface area contributed by atoms with Crippen molar-refractivity contribution in [2.75, 3.05) is 6.54 Å². The highest BCUT2D eigenvalue weighted by Crippen LogP contribution is 2.18. The molecule has 0 saturated carbocycles. The van der Waals surface area contributed by atoms with Gasteiger partial charge >= 0.3 is 0 Å². The van der Waals surface area contributed by atoms with Gasteiger partial charge in [-0.05, 0) is 20.3 Å². The first-order valence-corrected chi connectivity index (χ1v) is 6.96. The van der Waals surface area contributed by atoms with Crippen molar-refractivity contribution in [2.45, 2.75) is 64.8 Å². The van der Waals surface area contributed by atoms with Gasteiger partial charge in [0.05, 0.1) is 0 Å². The van der Waals surface area contributed by atoms with Crippen LogP contribution in [0.25, 0.3) is 0 Å². The van der Waals surface area contributed by atoms with E-state index in [0.29, 0.717) is 37.5 Å². The molecule has 0 bridgehead atoms. The predicted octanol–water partition coefficient (Wildman–Crippen LogP) is 1.54. The molecular weight excluding hydrogens is 256 g/mol. The number of hydrogen-bond donors (Lipinski definition) is 2. The molecule has 0 aromatic carbocycles. The number of nitrogens with zero attached hydrogens (tertiary/aromatic N) is 2. The molecular formula is C14H26N4O2. The summed E-state index contributed by atoms with van der Waals surface area (Å²) < 4.78 is 5.17. The van der Waals surface area contributed by atoms with E-state index in [0.717, 1.165) is 0 Å². The van der Waals surface area contributed by atoms with Gasteiger partial charge in [-0.2, -0.15) is 4.98 Å². The second-order valence-corrected chi connectivity index (χ2v) is 6.88. The fourth-order valence-electron chi connectivity index (χ4n) is 1.48. The first kappa shape index (κ1) is 16.6. The van der Waals surface area contributed by atoms with Crippen LogP contribution >= 0.6 is 0 Å². The molecule has 0 aliphatic heterocycles. The lowest BCUT2D eigenvalue weighted by Gasteiger charge is -2.18. The first-order valence-electron chi connectivity index (χ1n) is 6.96. The van der Waals surface area contributed by atoms with E-state index in [4.69, 9.17) is 10.3 Å². The molecule has 0 aliphatic rings. The molecule has 1 rings (SSSR count). The minimum Gasteiger partial charge on any atom is -0.354 e. The highest BCUT2D eigenvalue weighted by atomic mass is 16.5. The molecule has 20 heavy (non-hydrogen) atoms. The Morgan fingerprint density at radius 2 is 1.95 bits per heavy atom. The minimum absolute atomic E-state index is 0.000847. The largest absolute Gasteiger partial charge is 0.354 e. The molecule has 1 amide bonds. The third-order valence-corrected chi connectivity index (χ3v) is 2.67. The van der Waals surface area contributed by atoms with Crippen molar-refractivity contribution < 1.29 is 9.32 Å². The van der Waals surface area contributed by atoms with Crippen LogP contribution in [0.2, 0.25) is 0 Å². The molecule has 114 valence electrons. The van der Waals surface area contributed by atoms with Crippen molar-refractivity contribution >= 4 is 5.91 Å². The van der Waals surface area contributed by atoms with Crippen molar-refractivity contribution in [1.82, 2.24) is 15.5 Å². The van der Waals surface area contributed by atoms with Crippen molar-refractivity contribution in [2.24, 2.45) is 5.73 Å². The zero-order valence-electron chi connectivity index (χ0n) is 13.1. The summed E-state index contributed by atoms with van der Waals surface area (Å²) in [4.78, 5) is 15.9. The summed E-state index contributed by atoms with van der Waals surface area (Å²) >= 11 is 0. The third kappa shape index (κ3) is 6.14. The second-order valence-electron chi connectivity index (χ2n) is 6.88. The van der Waals surface area contributed by atoms with E-state index in [-0.39, 0.29) is 16.9 Å². The minimum atomic E-state index is -0.385. The third-order valence-electron chi connectivity index (χ3n) is 2.67. The Morgan fingerprint density at radius 3 is 2.45 bits per heavy atom. The topological polar surface area (TPSA) is 94.0 Å². The highest BCUT2D eigenvalue weighted by molar-refractivity contribution is 5.75. The second kappa shape index (κ2) is 6.35. The Labute approximate surface area is 120 Å². The van der Waals surface area contributed by atoms with Crippen LogP contribution in [0.4, 0.5) is 0 Å². The van der Waals surface area contributed by atoms with E-state index < -0.39 is 0 Å². The molecule has 0 spiro atoms. The molecule has 0 atom stereocenters. The molecule has 0 saturated heterocycles. The molecule has 1 heterocycles. The van der Waals surface area contributed by atoms with Gasteiger partial charge in [-0.15, -0.1) is 0 Å². The number of aryl methyl sites for hydroxylation is 1. The summed E-state index contributed by atoms with van der Waals surface area (Å²) in [6, 6.07) is 0. The lowest BCUT2D eigenvalue weighted by atomic mass is 9.96. The van der Waals surface area contributed by atoms with Crippen LogP contribution in [0.3, 0.4) is 0 Å². The number of nitrogens with two attached hydrogens (primary N) is 1. The van der Waals surface area contributed by atoms with Gasteiger partial charge in [0, 0.05) is 30.3 Å². The van der Waals surface area contributed by atoms with Crippen molar-refractivity contribution in [3.05, 3.63) is 11.7 Å². The van der Waals surface area contributed by atoms with Gasteiger partial charge in [-0.1, -0.05) is 25.9 Å². The maximum atomic E-state index is 11.6. The molecule has 1 aromatic rings. The summed E-state index contributed by atoms with van der Waals surface area (Å²) in [6.07, 6.45) is 1.73. The van der Waals surface area contributed by atoms with Gasteiger partial charge in [0.2, 0.25) is 11.8 Å². The van der Waals surface area contributed by atoms with Crippen LogP contribution < -0.4 is 11.1 Å². The molecule has 1 aromatic heterocycles. The smallest absolute Gasteiger partial charge is 0.226 e. The standard InChI is InChI=1S/C14H26N4O2/c1-13(2,3)12-17-11(20-18-12)8-6-7-10(19)16-9-14(4,5)15/h6-9,15H2,1-5H3,(H,16,19). The average Bonchev–Trinajstić information content (AvgIpc) is 2.74. The lowest BCUT2D eigenvalue weighted by molar-refractivity contribution is -0.121. The van der Waals surface area contributed by atoms with Crippen LogP contribution in [0.15, 0.2) is 4.52 Å². The Morgan fingerprint density at radius 1 is 1.30 bits per heavy atom. The number of hydrogen-bond acceptors (Lipinski definition) is 5. The van der Waals surface area contributed by atoms with E-state index in [1.165, 1.54) is 0 Å². The maximum Gasteiger partial charge on any atom is 0.226 e. The molecule has 6 heteroatoms. The van der Waals surface area contributed by atoms with Gasteiger partial charge in [-0.25, -0.2) is 0 Å². The number of amides is 1. The molecule has 0 radical (unpaired) electrons. The van der Waals surface area contributed by atoms with Crippen LogP contribution in [0.5, 0.6) is 0 Å². The zero-order chi connectivity index (χ0) is 15.4. The number of carbonyl (C=O) groups is 1. The van der Waals surface area contributed by atoms with Crippen LogP contribution in [-0.2, 0) is 16.6 Å². The van der Waals surface area contributed by atoms with E-state index in [9.17, 15) is 4.79 Å². The van der Waals surface area contributed by atoms with Crippen LogP contribution in [0, 0.1) is 0 Å². The SMILES string of the molecule is CC(C)(N)CNC(=O)CCCc1nc(C(C)(C)C)no1. The average molecular weight is 282 g/mol. The van der Waals surface area contributed by atoms with Crippen molar-refractivity contribution in [1.29, 1.82) is 0 Å². The first-order chi connectivity index (χ1) is 9.08. The Hall–Kier alpha value is -1.43. The molecule has 0 aliphatic carbocycles. The van der Waals surface area contributed by atoms with E-state index in [2.05, 4.69) is 15.5 Å². The number of carbonyl (C=O) groups excluding carboxylic acids is 1. The highest BCUT2D eigenvalue weighted by Gasteiger charge is 2.20. The molecule has 3 N–H and O–H groups in total. The Kier molecular flexibility index (Phi) is 5.28. The maximum absolute atomic E-state index is 11.6. The lowest BCUT2D eigenvalue weighted by Crippen LogP contribution is -2.45. The van der Waals surface area contributed by atoms with E-state index >= 15 is 0 Å².